The van der Waals surface area contributed by atoms with Crippen molar-refractivity contribution in [1.82, 2.24) is 0 Å². The Morgan fingerprint density at radius 2 is 1.49 bits per heavy atom. The van der Waals surface area contributed by atoms with Gasteiger partial charge in [-0.2, -0.15) is 8.42 Å². The van der Waals surface area contributed by atoms with E-state index in [1.54, 1.807) is 24.3 Å². The minimum Gasteiger partial charge on any atom is -0.508 e. The average molecular weight is 646 g/mol. The first-order valence-electron chi connectivity index (χ1n) is 16.7. The summed E-state index contributed by atoms with van der Waals surface area (Å²) in [5, 5.41) is 32.9. The molecule has 4 N–H and O–H groups in total. The topological polar surface area (TPSA) is 138 Å². The highest BCUT2D eigenvalue weighted by atomic mass is 32.2. The number of unbranched alkanes of at least 4 members (excludes halogenated alkanes) is 8. The summed E-state index contributed by atoms with van der Waals surface area (Å²) >= 11 is 0. The van der Waals surface area contributed by atoms with Crippen LogP contribution in [0.5, 0.6) is 5.75 Å². The summed E-state index contributed by atoms with van der Waals surface area (Å²) in [4.78, 5) is 15.2. The molecule has 0 aliphatic heterocycles. The van der Waals surface area contributed by atoms with E-state index in [-0.39, 0.29) is 35.0 Å². The number of benzene rings is 1. The van der Waals surface area contributed by atoms with Gasteiger partial charge in [0.05, 0.1) is 23.9 Å². The molecular weight excluding hydrogens is 592 g/mol. The SMILES string of the molecule is CCCCCCC[N+](CCCCCCC)=C1C=CC(=C2C(=O)C(c3ccc(N(CC)CCCS(=O)(=O)O)cc3O)C2O)C(O)=C1. The molecule has 2 atom stereocenters. The molecule has 3 rings (SSSR count). The molecule has 0 amide bonds. The number of allylic oxidation sites excluding steroid dienone is 3. The molecule has 1 aromatic carbocycles. The van der Waals surface area contributed by atoms with Gasteiger partial charge in [-0.1, -0.05) is 58.4 Å². The van der Waals surface area contributed by atoms with Crippen molar-refractivity contribution in [2.24, 2.45) is 0 Å². The van der Waals surface area contributed by atoms with Gasteiger partial charge in [-0.3, -0.25) is 9.35 Å². The second-order valence-electron chi connectivity index (χ2n) is 12.2. The number of hydrogen-bond acceptors (Lipinski definition) is 7. The molecule has 2 aliphatic carbocycles. The first-order chi connectivity index (χ1) is 21.5. The average Bonchev–Trinajstić information content (AvgIpc) is 2.99. The van der Waals surface area contributed by atoms with Gasteiger partial charge in [-0.25, -0.2) is 4.58 Å². The summed E-state index contributed by atoms with van der Waals surface area (Å²) < 4.78 is 33.4. The smallest absolute Gasteiger partial charge is 0.264 e. The maximum Gasteiger partial charge on any atom is 0.264 e. The van der Waals surface area contributed by atoms with Crippen LogP contribution in [0, 0.1) is 0 Å². The van der Waals surface area contributed by atoms with E-state index in [4.69, 9.17) is 4.55 Å². The van der Waals surface area contributed by atoms with Gasteiger partial charge in [0.1, 0.15) is 24.6 Å². The van der Waals surface area contributed by atoms with Crippen molar-refractivity contribution in [3.63, 3.8) is 0 Å². The number of ketones is 1. The van der Waals surface area contributed by atoms with Gasteiger partial charge < -0.3 is 20.2 Å². The summed E-state index contributed by atoms with van der Waals surface area (Å²) in [5.41, 5.74) is 2.28. The molecule has 1 fully saturated rings. The third kappa shape index (κ3) is 10.3. The van der Waals surface area contributed by atoms with Crippen LogP contribution in [0.1, 0.15) is 103 Å². The normalized spacial score (nSPS) is 19.9. The maximum absolute atomic E-state index is 13.3. The second-order valence-corrected chi connectivity index (χ2v) is 13.8. The molecule has 0 bridgehead atoms. The van der Waals surface area contributed by atoms with E-state index in [0.717, 1.165) is 31.6 Å². The van der Waals surface area contributed by atoms with E-state index < -0.39 is 22.1 Å². The number of hydrogen-bond donors (Lipinski definition) is 4. The minimum absolute atomic E-state index is 0.0432. The largest absolute Gasteiger partial charge is 0.508 e. The molecule has 0 aromatic heterocycles. The Hall–Kier alpha value is -2.95. The zero-order valence-electron chi connectivity index (χ0n) is 27.2. The highest BCUT2D eigenvalue weighted by Crippen LogP contribution is 2.45. The van der Waals surface area contributed by atoms with Gasteiger partial charge in [0.2, 0.25) is 5.71 Å². The van der Waals surface area contributed by atoms with Crippen molar-refractivity contribution >= 4 is 27.3 Å². The predicted molar refractivity (Wildman–Crippen MR) is 180 cm³/mol. The molecule has 10 heteroatoms. The number of aromatic hydroxyl groups is 1. The molecule has 45 heavy (non-hydrogen) atoms. The Balaban J connectivity index is 1.75. The van der Waals surface area contributed by atoms with E-state index in [1.165, 1.54) is 57.4 Å². The van der Waals surface area contributed by atoms with E-state index in [0.29, 0.717) is 29.9 Å². The van der Waals surface area contributed by atoms with E-state index in [2.05, 4.69) is 18.4 Å². The van der Waals surface area contributed by atoms with Crippen LogP contribution in [-0.4, -0.2) is 82.4 Å². The number of Topliss-reactive ketones (excluding diaryl/α,β-unsaturated/α-hetero) is 1. The molecule has 2 aliphatic rings. The standard InChI is InChI=1S/C35H52N2O7S/c1-4-7-9-11-13-20-37(21-14-12-10-8-5-2)27-17-19-29(31(39)25-27)33-34(40)32(35(33)41)28-18-16-26(24-30(28)38)36(6-3)22-15-23-45(42,43)44/h16-19,24-25,32,34,40H,4-15,20-23H2,1-3H3,(H2,38,42,43,44)/p+1. The third-order valence-electron chi connectivity index (χ3n) is 8.79. The fraction of sp³-hybridized carbons (Fsp3) is 0.600. The predicted octanol–water partition coefficient (Wildman–Crippen LogP) is 6.23. The van der Waals surface area contributed by atoms with Crippen LogP contribution >= 0.6 is 0 Å². The molecule has 0 radical (unpaired) electrons. The van der Waals surface area contributed by atoms with Crippen LogP contribution in [0.15, 0.2) is 53.3 Å². The molecule has 1 saturated carbocycles. The van der Waals surface area contributed by atoms with Crippen LogP contribution < -0.4 is 4.90 Å². The minimum atomic E-state index is -4.06. The van der Waals surface area contributed by atoms with Crippen molar-refractivity contribution < 1.29 is 37.7 Å². The summed E-state index contributed by atoms with van der Waals surface area (Å²) in [6, 6.07) is 4.81. The molecule has 9 nitrogen and oxygen atoms in total. The van der Waals surface area contributed by atoms with Gasteiger partial charge in [0, 0.05) is 60.5 Å². The fourth-order valence-corrected chi connectivity index (χ4v) is 6.65. The molecule has 0 spiro atoms. The lowest BCUT2D eigenvalue weighted by Crippen LogP contribution is -2.44. The molecular formula is C35H53N2O7S+. The van der Waals surface area contributed by atoms with Gasteiger partial charge in [0.15, 0.2) is 5.78 Å². The van der Waals surface area contributed by atoms with E-state index in [1.807, 2.05) is 17.9 Å². The lowest BCUT2D eigenvalue weighted by atomic mass is 9.69. The lowest BCUT2D eigenvalue weighted by Gasteiger charge is -2.36. The number of rotatable bonds is 19. The van der Waals surface area contributed by atoms with Gasteiger partial charge in [-0.15, -0.1) is 0 Å². The van der Waals surface area contributed by atoms with Crippen molar-refractivity contribution in [2.45, 2.75) is 103 Å². The number of phenols is 1. The number of aliphatic hydroxyl groups excluding tert-OH is 2. The summed E-state index contributed by atoms with van der Waals surface area (Å²) in [6.07, 6.45) is 16.2. The van der Waals surface area contributed by atoms with Crippen LogP contribution in [0.25, 0.3) is 0 Å². The highest BCUT2D eigenvalue weighted by Gasteiger charge is 2.48. The lowest BCUT2D eigenvalue weighted by molar-refractivity contribution is -0.527. The third-order valence-corrected chi connectivity index (χ3v) is 9.59. The number of phenolic OH excluding ortho intramolecular Hbond substituents is 1. The Morgan fingerprint density at radius 1 is 0.867 bits per heavy atom. The first kappa shape index (κ1) is 36.5. The van der Waals surface area contributed by atoms with Crippen molar-refractivity contribution in [1.29, 1.82) is 0 Å². The first-order valence-corrected chi connectivity index (χ1v) is 18.3. The molecule has 0 saturated heterocycles. The van der Waals surface area contributed by atoms with Gasteiger partial charge in [0.25, 0.3) is 10.1 Å². The van der Waals surface area contributed by atoms with Crippen LogP contribution in [0.2, 0.25) is 0 Å². The van der Waals surface area contributed by atoms with Crippen LogP contribution in [0.4, 0.5) is 5.69 Å². The monoisotopic (exact) mass is 645 g/mol. The van der Waals surface area contributed by atoms with Gasteiger partial charge in [-0.05, 0) is 38.3 Å². The molecule has 0 heterocycles. The van der Waals surface area contributed by atoms with Crippen LogP contribution in [-0.2, 0) is 14.9 Å². The van der Waals surface area contributed by atoms with Crippen molar-refractivity contribution in [3.8, 4) is 5.75 Å². The fourth-order valence-electron chi connectivity index (χ4n) is 6.16. The molecule has 1 aromatic rings. The number of nitrogens with zero attached hydrogens (tertiary/aromatic N) is 2. The Bertz CT molecular complexity index is 1380. The zero-order chi connectivity index (χ0) is 33.0. The molecule has 250 valence electrons. The Kier molecular flexibility index (Phi) is 14.3. The van der Waals surface area contributed by atoms with Crippen LogP contribution in [0.3, 0.4) is 0 Å². The zero-order valence-corrected chi connectivity index (χ0v) is 28.1. The molecule has 2 unspecified atom stereocenters. The summed E-state index contributed by atoms with van der Waals surface area (Å²) in [7, 11) is -4.06. The summed E-state index contributed by atoms with van der Waals surface area (Å²) in [5.74, 6) is -1.86. The Morgan fingerprint density at radius 3 is 2.00 bits per heavy atom. The van der Waals surface area contributed by atoms with Crippen molar-refractivity contribution in [3.05, 3.63) is 58.9 Å². The van der Waals surface area contributed by atoms with E-state index >= 15 is 0 Å². The van der Waals surface area contributed by atoms with Gasteiger partial charge >= 0.3 is 0 Å². The van der Waals surface area contributed by atoms with E-state index in [9.17, 15) is 28.5 Å². The highest BCUT2D eigenvalue weighted by molar-refractivity contribution is 7.85. The number of carbonyl (C=O) groups excluding carboxylic acids is 1. The van der Waals surface area contributed by atoms with Crippen molar-refractivity contribution in [2.75, 3.05) is 36.8 Å². The Labute approximate surface area is 269 Å². The number of aliphatic hydroxyl groups is 2. The second kappa shape index (κ2) is 17.7. The summed E-state index contributed by atoms with van der Waals surface area (Å²) in [6.45, 7) is 9.00. The maximum atomic E-state index is 13.3. The number of carbonyl (C=O) groups is 1. The quantitative estimate of drug-likeness (QED) is 0.0602. The number of anilines is 1.